The molecule has 0 bridgehead atoms. The Morgan fingerprint density at radius 1 is 1.50 bits per heavy atom. The van der Waals surface area contributed by atoms with E-state index in [-0.39, 0.29) is 5.82 Å². The van der Waals surface area contributed by atoms with Crippen LogP contribution in [-0.4, -0.2) is 4.98 Å². The van der Waals surface area contributed by atoms with Crippen molar-refractivity contribution in [2.75, 3.05) is 0 Å². The molecule has 0 aliphatic carbocycles. The van der Waals surface area contributed by atoms with Gasteiger partial charge in [0.05, 0.1) is 0 Å². The number of hydrogen-bond acceptors (Lipinski definition) is 2. The molecule has 0 spiro atoms. The highest BCUT2D eigenvalue weighted by atomic mass is 127. The van der Waals surface area contributed by atoms with E-state index in [4.69, 9.17) is 4.42 Å². The van der Waals surface area contributed by atoms with Crippen LogP contribution in [0.3, 0.4) is 0 Å². The first kappa shape index (κ1) is 7.97. The maximum atomic E-state index is 13.1. The molecule has 62 valence electrons. The second kappa shape index (κ2) is 2.69. The molecule has 0 aliphatic heterocycles. The summed E-state index contributed by atoms with van der Waals surface area (Å²) in [7, 11) is 0. The van der Waals surface area contributed by atoms with Crippen molar-refractivity contribution >= 4 is 33.7 Å². The van der Waals surface area contributed by atoms with Gasteiger partial charge in [0.1, 0.15) is 5.52 Å². The molecule has 2 rings (SSSR count). The van der Waals surface area contributed by atoms with Gasteiger partial charge < -0.3 is 4.42 Å². The molecule has 12 heavy (non-hydrogen) atoms. The molecule has 2 aromatic rings. The van der Waals surface area contributed by atoms with Crippen molar-refractivity contribution in [3.05, 3.63) is 27.4 Å². The zero-order chi connectivity index (χ0) is 8.72. The number of benzene rings is 1. The summed E-state index contributed by atoms with van der Waals surface area (Å²) in [6, 6.07) is 3.20. The molecule has 0 unspecified atom stereocenters. The highest BCUT2D eigenvalue weighted by Crippen LogP contribution is 2.21. The maximum absolute atomic E-state index is 13.1. The van der Waals surface area contributed by atoms with Gasteiger partial charge in [-0.2, -0.15) is 0 Å². The number of nitrogens with zero attached hydrogens (tertiary/aromatic N) is 1. The first-order valence-corrected chi connectivity index (χ1v) is 4.47. The Labute approximate surface area is 81.9 Å². The molecule has 0 saturated heterocycles. The fourth-order valence-electron chi connectivity index (χ4n) is 1.07. The van der Waals surface area contributed by atoms with Crippen molar-refractivity contribution in [2.45, 2.75) is 6.92 Å². The molecular formula is C8H5FINO. The molecule has 0 atom stereocenters. The molecule has 0 aliphatic rings. The van der Waals surface area contributed by atoms with E-state index in [0.717, 1.165) is 3.57 Å². The predicted octanol–water partition coefficient (Wildman–Crippen LogP) is 2.88. The molecular weight excluding hydrogens is 272 g/mol. The zero-order valence-corrected chi connectivity index (χ0v) is 8.42. The van der Waals surface area contributed by atoms with E-state index in [9.17, 15) is 4.39 Å². The van der Waals surface area contributed by atoms with Crippen molar-refractivity contribution in [3.8, 4) is 0 Å². The van der Waals surface area contributed by atoms with Crippen LogP contribution in [-0.2, 0) is 0 Å². The quantitative estimate of drug-likeness (QED) is 0.692. The Balaban J connectivity index is 2.88. The van der Waals surface area contributed by atoms with Crippen LogP contribution in [0.25, 0.3) is 11.1 Å². The topological polar surface area (TPSA) is 26.0 Å². The van der Waals surface area contributed by atoms with Gasteiger partial charge in [-0.3, -0.25) is 0 Å². The molecule has 1 aromatic heterocycles. The SMILES string of the molecule is Cc1nc2c(F)cc(I)cc2o1. The summed E-state index contributed by atoms with van der Waals surface area (Å²) >= 11 is 2.03. The minimum Gasteiger partial charge on any atom is -0.441 e. The highest BCUT2D eigenvalue weighted by Gasteiger charge is 2.08. The number of fused-ring (bicyclic) bond motifs is 1. The van der Waals surface area contributed by atoms with Crippen LogP contribution in [0.5, 0.6) is 0 Å². The lowest BCUT2D eigenvalue weighted by molar-refractivity contribution is 0.560. The number of aromatic nitrogens is 1. The molecule has 0 fully saturated rings. The van der Waals surface area contributed by atoms with Crippen molar-refractivity contribution < 1.29 is 8.81 Å². The van der Waals surface area contributed by atoms with E-state index >= 15 is 0 Å². The third-order valence-corrected chi connectivity index (χ3v) is 2.14. The summed E-state index contributed by atoms with van der Waals surface area (Å²) in [5, 5.41) is 0. The summed E-state index contributed by atoms with van der Waals surface area (Å²) in [6.45, 7) is 1.70. The van der Waals surface area contributed by atoms with E-state index in [1.54, 1.807) is 13.0 Å². The van der Waals surface area contributed by atoms with E-state index in [1.165, 1.54) is 6.07 Å². The largest absolute Gasteiger partial charge is 0.441 e. The van der Waals surface area contributed by atoms with Crippen LogP contribution in [0.15, 0.2) is 16.5 Å². The molecule has 2 nitrogen and oxygen atoms in total. The molecule has 4 heteroatoms. The van der Waals surface area contributed by atoms with Gasteiger partial charge >= 0.3 is 0 Å². The summed E-state index contributed by atoms with van der Waals surface area (Å²) in [5.74, 6) is 0.166. The molecule has 0 amide bonds. The fraction of sp³-hybridized carbons (Fsp3) is 0.125. The van der Waals surface area contributed by atoms with Gasteiger partial charge in [0.25, 0.3) is 0 Å². The van der Waals surface area contributed by atoms with Crippen LogP contribution in [0, 0.1) is 16.3 Å². The molecule has 0 N–H and O–H groups in total. The minimum atomic E-state index is -0.325. The van der Waals surface area contributed by atoms with Gasteiger partial charge in [0.2, 0.25) is 0 Å². The predicted molar refractivity (Wildman–Crippen MR) is 51.4 cm³/mol. The van der Waals surface area contributed by atoms with E-state index in [2.05, 4.69) is 4.98 Å². The second-order valence-electron chi connectivity index (χ2n) is 2.47. The number of oxazole rings is 1. The average molecular weight is 277 g/mol. The second-order valence-corrected chi connectivity index (χ2v) is 3.71. The standard InChI is InChI=1S/C8H5FINO/c1-4-11-8-6(9)2-5(10)3-7(8)12-4/h2-3H,1H3. The highest BCUT2D eigenvalue weighted by molar-refractivity contribution is 14.1. The van der Waals surface area contributed by atoms with Gasteiger partial charge in [0.15, 0.2) is 17.3 Å². The van der Waals surface area contributed by atoms with Crippen LogP contribution in [0.2, 0.25) is 0 Å². The maximum Gasteiger partial charge on any atom is 0.192 e. The van der Waals surface area contributed by atoms with Gasteiger partial charge in [-0.05, 0) is 34.7 Å². The lowest BCUT2D eigenvalue weighted by Gasteiger charge is -1.90. The minimum absolute atomic E-state index is 0.313. The monoisotopic (exact) mass is 277 g/mol. The first-order valence-electron chi connectivity index (χ1n) is 3.39. The molecule has 1 aromatic carbocycles. The molecule has 1 heterocycles. The summed E-state index contributed by atoms with van der Waals surface area (Å²) in [5.41, 5.74) is 0.824. The Kier molecular flexibility index (Phi) is 1.79. The third-order valence-electron chi connectivity index (χ3n) is 1.52. The van der Waals surface area contributed by atoms with Gasteiger partial charge in [0, 0.05) is 10.5 Å². The number of aryl methyl sites for hydroxylation is 1. The smallest absolute Gasteiger partial charge is 0.192 e. The fourth-order valence-corrected chi connectivity index (χ4v) is 1.62. The van der Waals surface area contributed by atoms with Crippen LogP contribution in [0.4, 0.5) is 4.39 Å². The Bertz CT molecular complexity index is 438. The number of halogens is 2. The van der Waals surface area contributed by atoms with Crippen LogP contribution in [0.1, 0.15) is 5.89 Å². The first-order chi connectivity index (χ1) is 5.66. The van der Waals surface area contributed by atoms with Gasteiger partial charge in [-0.15, -0.1) is 0 Å². The zero-order valence-electron chi connectivity index (χ0n) is 6.27. The number of rotatable bonds is 0. The van der Waals surface area contributed by atoms with E-state index in [1.807, 2.05) is 22.6 Å². The lowest BCUT2D eigenvalue weighted by Crippen LogP contribution is -1.79. The normalized spacial score (nSPS) is 10.9. The number of hydrogen-bond donors (Lipinski definition) is 0. The van der Waals surface area contributed by atoms with Crippen molar-refractivity contribution in [2.24, 2.45) is 0 Å². The molecule has 0 radical (unpaired) electrons. The average Bonchev–Trinajstić information content (AvgIpc) is 2.29. The van der Waals surface area contributed by atoms with Crippen molar-refractivity contribution in [1.82, 2.24) is 4.98 Å². The van der Waals surface area contributed by atoms with Gasteiger partial charge in [-0.1, -0.05) is 0 Å². The third kappa shape index (κ3) is 1.20. The van der Waals surface area contributed by atoms with Crippen LogP contribution < -0.4 is 0 Å². The summed E-state index contributed by atoms with van der Waals surface area (Å²) in [6.07, 6.45) is 0. The van der Waals surface area contributed by atoms with E-state index in [0.29, 0.717) is 17.0 Å². The van der Waals surface area contributed by atoms with Crippen LogP contribution >= 0.6 is 22.6 Å². The Morgan fingerprint density at radius 3 is 3.00 bits per heavy atom. The van der Waals surface area contributed by atoms with Gasteiger partial charge in [-0.25, -0.2) is 9.37 Å². The van der Waals surface area contributed by atoms with Crippen molar-refractivity contribution in [1.29, 1.82) is 0 Å². The Morgan fingerprint density at radius 2 is 2.25 bits per heavy atom. The summed E-state index contributed by atoms with van der Waals surface area (Å²) in [4.78, 5) is 3.91. The summed E-state index contributed by atoms with van der Waals surface area (Å²) < 4.78 is 19.1. The van der Waals surface area contributed by atoms with Crippen molar-refractivity contribution in [3.63, 3.8) is 0 Å². The lowest BCUT2D eigenvalue weighted by atomic mass is 10.3. The Hall–Kier alpha value is -0.650. The van der Waals surface area contributed by atoms with E-state index < -0.39 is 0 Å². The molecule has 0 saturated carbocycles.